The van der Waals surface area contributed by atoms with Crippen LogP contribution in [-0.2, 0) is 6.61 Å². The first-order valence-corrected chi connectivity index (χ1v) is 6.38. The Morgan fingerprint density at radius 1 is 0.889 bits per heavy atom. The lowest BCUT2D eigenvalue weighted by molar-refractivity contribution is 0.306. The maximum Gasteiger partial charge on any atom is 0.120 e. The summed E-state index contributed by atoms with van der Waals surface area (Å²) in [6, 6.07) is 12.2. The third-order valence-electron chi connectivity index (χ3n) is 2.80. The Morgan fingerprint density at radius 3 is 2.17 bits per heavy atom. The van der Waals surface area contributed by atoms with E-state index in [9.17, 15) is 0 Å². The van der Waals surface area contributed by atoms with E-state index in [2.05, 4.69) is 19.9 Å². The van der Waals surface area contributed by atoms with E-state index < -0.39 is 0 Å². The van der Waals surface area contributed by atoms with Crippen LogP contribution in [0.4, 0.5) is 0 Å². The summed E-state index contributed by atoms with van der Waals surface area (Å²) in [6.07, 6.45) is 0. The average Bonchev–Trinajstić information content (AvgIpc) is 2.26. The van der Waals surface area contributed by atoms with E-state index in [1.807, 2.05) is 37.3 Å². The largest absolute Gasteiger partial charge is 0.489 e. The lowest BCUT2D eigenvalue weighted by atomic mass is 10.1. The van der Waals surface area contributed by atoms with E-state index in [-0.39, 0.29) is 0 Å². The van der Waals surface area contributed by atoms with Crippen molar-refractivity contribution in [3.63, 3.8) is 0 Å². The molecule has 0 saturated heterocycles. The quantitative estimate of drug-likeness (QED) is 0.767. The highest BCUT2D eigenvalue weighted by atomic mass is 35.5. The molecule has 0 bridgehead atoms. The molecule has 0 atom stereocenters. The maximum absolute atomic E-state index is 6.18. The van der Waals surface area contributed by atoms with E-state index in [1.165, 1.54) is 11.1 Å². The van der Waals surface area contributed by atoms with Gasteiger partial charge >= 0.3 is 0 Å². The number of benzene rings is 2. The molecule has 2 aromatic carbocycles. The zero-order chi connectivity index (χ0) is 13.1. The van der Waals surface area contributed by atoms with Crippen molar-refractivity contribution in [1.29, 1.82) is 0 Å². The van der Waals surface area contributed by atoms with Gasteiger partial charge in [-0.15, -0.1) is 0 Å². The van der Waals surface area contributed by atoms with Gasteiger partial charge in [0.25, 0.3) is 0 Å². The molecule has 94 valence electrons. The summed E-state index contributed by atoms with van der Waals surface area (Å²) >= 11 is 6.18. The van der Waals surface area contributed by atoms with Crippen molar-refractivity contribution >= 4 is 11.6 Å². The van der Waals surface area contributed by atoms with Gasteiger partial charge < -0.3 is 4.74 Å². The van der Waals surface area contributed by atoms with Crippen LogP contribution in [0.15, 0.2) is 36.4 Å². The number of halogens is 1. The standard InChI is InChI=1S/C16H17ClO/c1-11-4-5-14(16(17)9-11)10-18-15-7-12(2)6-13(3)8-15/h4-9H,10H2,1-3H3. The predicted molar refractivity (Wildman–Crippen MR) is 76.4 cm³/mol. The number of rotatable bonds is 3. The van der Waals surface area contributed by atoms with Gasteiger partial charge in [-0.2, -0.15) is 0 Å². The van der Waals surface area contributed by atoms with Crippen LogP contribution in [0.25, 0.3) is 0 Å². The Morgan fingerprint density at radius 2 is 1.56 bits per heavy atom. The molecule has 0 aliphatic rings. The molecule has 0 unspecified atom stereocenters. The number of ether oxygens (including phenoxy) is 1. The van der Waals surface area contributed by atoms with E-state index in [4.69, 9.17) is 16.3 Å². The fourth-order valence-corrected chi connectivity index (χ4v) is 2.24. The minimum absolute atomic E-state index is 0.502. The Balaban J connectivity index is 2.11. The number of hydrogen-bond acceptors (Lipinski definition) is 1. The molecule has 2 aromatic rings. The smallest absolute Gasteiger partial charge is 0.120 e. The van der Waals surface area contributed by atoms with E-state index in [1.54, 1.807) is 0 Å². The van der Waals surface area contributed by atoms with Gasteiger partial charge in [0.05, 0.1) is 0 Å². The second-order valence-electron chi connectivity index (χ2n) is 4.71. The van der Waals surface area contributed by atoms with Gasteiger partial charge in [0.1, 0.15) is 12.4 Å². The van der Waals surface area contributed by atoms with Gasteiger partial charge in [-0.1, -0.05) is 29.8 Å². The molecule has 1 nitrogen and oxygen atoms in total. The summed E-state index contributed by atoms with van der Waals surface area (Å²) in [4.78, 5) is 0. The summed E-state index contributed by atoms with van der Waals surface area (Å²) in [7, 11) is 0. The molecule has 0 aliphatic heterocycles. The minimum Gasteiger partial charge on any atom is -0.489 e. The van der Waals surface area contributed by atoms with Gasteiger partial charge in [-0.3, -0.25) is 0 Å². The molecule has 0 radical (unpaired) electrons. The summed E-state index contributed by atoms with van der Waals surface area (Å²) in [5.41, 5.74) is 4.59. The Bertz CT molecular complexity index is 541. The van der Waals surface area contributed by atoms with Crippen LogP contribution in [0.5, 0.6) is 5.75 Å². The van der Waals surface area contributed by atoms with E-state index in [0.29, 0.717) is 6.61 Å². The second-order valence-corrected chi connectivity index (χ2v) is 5.11. The van der Waals surface area contributed by atoms with Crippen LogP contribution >= 0.6 is 11.6 Å². The average molecular weight is 261 g/mol. The summed E-state index contributed by atoms with van der Waals surface area (Å²) < 4.78 is 5.79. The fourth-order valence-electron chi connectivity index (χ4n) is 1.95. The molecule has 0 N–H and O–H groups in total. The second kappa shape index (κ2) is 5.45. The monoisotopic (exact) mass is 260 g/mol. The van der Waals surface area contributed by atoms with Gasteiger partial charge in [0, 0.05) is 10.6 Å². The van der Waals surface area contributed by atoms with Gasteiger partial charge in [-0.25, -0.2) is 0 Å². The molecular formula is C16H17ClO. The molecule has 0 heterocycles. The normalized spacial score (nSPS) is 10.4. The molecule has 0 aliphatic carbocycles. The highest BCUT2D eigenvalue weighted by Gasteiger charge is 2.02. The van der Waals surface area contributed by atoms with E-state index >= 15 is 0 Å². The lowest BCUT2D eigenvalue weighted by Gasteiger charge is -2.10. The molecule has 2 heteroatoms. The van der Waals surface area contributed by atoms with Crippen molar-refractivity contribution < 1.29 is 4.74 Å². The first kappa shape index (κ1) is 13.0. The Labute approximate surface area is 113 Å². The lowest BCUT2D eigenvalue weighted by Crippen LogP contribution is -1.97. The molecule has 0 fully saturated rings. The zero-order valence-electron chi connectivity index (χ0n) is 11.0. The number of aryl methyl sites for hydroxylation is 3. The first-order chi connectivity index (χ1) is 8.54. The first-order valence-electron chi connectivity index (χ1n) is 6.01. The highest BCUT2D eigenvalue weighted by Crippen LogP contribution is 2.21. The third-order valence-corrected chi connectivity index (χ3v) is 3.15. The molecule has 0 spiro atoms. The van der Waals surface area contributed by atoms with Gasteiger partial charge in [0.15, 0.2) is 0 Å². The van der Waals surface area contributed by atoms with Crippen LogP contribution in [-0.4, -0.2) is 0 Å². The van der Waals surface area contributed by atoms with Crippen molar-refractivity contribution in [1.82, 2.24) is 0 Å². The van der Waals surface area contributed by atoms with Crippen molar-refractivity contribution in [2.75, 3.05) is 0 Å². The SMILES string of the molecule is Cc1cc(C)cc(OCc2ccc(C)cc2Cl)c1. The summed E-state index contributed by atoms with van der Waals surface area (Å²) in [6.45, 7) is 6.67. The van der Waals surface area contributed by atoms with E-state index in [0.717, 1.165) is 21.9 Å². The molecule has 2 rings (SSSR count). The van der Waals surface area contributed by atoms with Crippen LogP contribution < -0.4 is 4.74 Å². The third kappa shape index (κ3) is 3.27. The van der Waals surface area contributed by atoms with Crippen molar-refractivity contribution in [3.8, 4) is 5.75 Å². The van der Waals surface area contributed by atoms with Crippen molar-refractivity contribution in [2.45, 2.75) is 27.4 Å². The minimum atomic E-state index is 0.502. The number of hydrogen-bond donors (Lipinski definition) is 0. The Kier molecular flexibility index (Phi) is 3.93. The van der Waals surface area contributed by atoms with Crippen LogP contribution in [0.2, 0.25) is 5.02 Å². The molecule has 0 aromatic heterocycles. The fraction of sp³-hybridized carbons (Fsp3) is 0.250. The molecule has 0 saturated carbocycles. The topological polar surface area (TPSA) is 9.23 Å². The summed E-state index contributed by atoms with van der Waals surface area (Å²) in [5, 5.41) is 0.763. The van der Waals surface area contributed by atoms with Crippen LogP contribution in [0.3, 0.4) is 0 Å². The molecule has 18 heavy (non-hydrogen) atoms. The predicted octanol–water partition coefficient (Wildman–Crippen LogP) is 4.84. The van der Waals surface area contributed by atoms with Gasteiger partial charge in [0.2, 0.25) is 0 Å². The Hall–Kier alpha value is -1.47. The molecular weight excluding hydrogens is 244 g/mol. The highest BCUT2D eigenvalue weighted by molar-refractivity contribution is 6.31. The zero-order valence-corrected chi connectivity index (χ0v) is 11.7. The summed E-state index contributed by atoms with van der Waals surface area (Å²) in [5.74, 6) is 0.893. The maximum atomic E-state index is 6.18. The molecule has 0 amide bonds. The van der Waals surface area contributed by atoms with Crippen molar-refractivity contribution in [3.05, 3.63) is 63.7 Å². The van der Waals surface area contributed by atoms with Crippen LogP contribution in [0.1, 0.15) is 22.3 Å². The van der Waals surface area contributed by atoms with Crippen molar-refractivity contribution in [2.24, 2.45) is 0 Å². The van der Waals surface area contributed by atoms with Crippen LogP contribution in [0, 0.1) is 20.8 Å². The van der Waals surface area contributed by atoms with Gasteiger partial charge in [-0.05, 0) is 55.7 Å².